The second kappa shape index (κ2) is 8.46. The Bertz CT molecular complexity index is 851. The molecule has 0 amide bonds. The van der Waals surface area contributed by atoms with Crippen molar-refractivity contribution >= 4 is 40.8 Å². The summed E-state index contributed by atoms with van der Waals surface area (Å²) in [6.07, 6.45) is 0. The number of aromatic carboxylic acids is 1. The smallest absolute Gasteiger partial charge is 0.175 e. The van der Waals surface area contributed by atoms with Gasteiger partial charge in [0.25, 0.3) is 0 Å². The Labute approximate surface area is 156 Å². The summed E-state index contributed by atoms with van der Waals surface area (Å²) < 4.78 is 14.6. The lowest BCUT2D eigenvalue weighted by atomic mass is 10.1. The van der Waals surface area contributed by atoms with Gasteiger partial charge >= 0.3 is 0 Å². The standard InChI is InChI=1S/C17H13FN2O2S3/c18-14-7-3-12(4-8-14)10-24-17-20-19-16(25-17)23-9-11-1-5-13(6-2-11)15(21)22/h1-8H,9-10H2,(H,21,22)/p-1. The highest BCUT2D eigenvalue weighted by Crippen LogP contribution is 2.32. The van der Waals surface area contributed by atoms with Crippen LogP contribution in [0, 0.1) is 5.82 Å². The maximum absolute atomic E-state index is 12.9. The zero-order valence-electron chi connectivity index (χ0n) is 12.8. The van der Waals surface area contributed by atoms with Gasteiger partial charge in [-0.15, -0.1) is 10.2 Å². The van der Waals surface area contributed by atoms with Crippen LogP contribution >= 0.6 is 34.9 Å². The Kier molecular flexibility index (Phi) is 6.06. The monoisotopic (exact) mass is 391 g/mol. The summed E-state index contributed by atoms with van der Waals surface area (Å²) in [6.45, 7) is 0. The Morgan fingerprint density at radius 1 is 0.920 bits per heavy atom. The van der Waals surface area contributed by atoms with Crippen LogP contribution in [0.15, 0.2) is 57.2 Å². The molecule has 2 aromatic carbocycles. The largest absolute Gasteiger partial charge is 0.545 e. The van der Waals surface area contributed by atoms with E-state index in [1.54, 1.807) is 47.8 Å². The van der Waals surface area contributed by atoms with Gasteiger partial charge in [0.05, 0.1) is 5.97 Å². The van der Waals surface area contributed by atoms with Gasteiger partial charge in [-0.1, -0.05) is 71.3 Å². The molecule has 0 bridgehead atoms. The Morgan fingerprint density at radius 2 is 1.40 bits per heavy atom. The SMILES string of the molecule is O=C([O-])c1ccc(CSc2nnc(SCc3ccc(F)cc3)s2)cc1. The minimum atomic E-state index is -1.17. The minimum absolute atomic E-state index is 0.171. The number of hydrogen-bond donors (Lipinski definition) is 0. The molecule has 0 unspecified atom stereocenters. The second-order valence-corrected chi connectivity index (χ2v) is 8.44. The lowest BCUT2D eigenvalue weighted by molar-refractivity contribution is -0.255. The first-order valence-corrected chi connectivity index (χ1v) is 10.0. The number of carbonyl (C=O) groups is 1. The lowest BCUT2D eigenvalue weighted by Crippen LogP contribution is -2.21. The summed E-state index contributed by atoms with van der Waals surface area (Å²) >= 11 is 4.62. The molecular formula is C17H12FN2O2S3-. The van der Waals surface area contributed by atoms with Crippen LogP contribution in [0.5, 0.6) is 0 Å². The molecule has 0 atom stereocenters. The molecule has 128 valence electrons. The maximum atomic E-state index is 12.9. The van der Waals surface area contributed by atoms with Crippen LogP contribution in [0.1, 0.15) is 21.5 Å². The first kappa shape index (κ1) is 17.9. The number of rotatable bonds is 7. The predicted molar refractivity (Wildman–Crippen MR) is 96.2 cm³/mol. The predicted octanol–water partition coefficient (Wildman–Crippen LogP) is 3.63. The van der Waals surface area contributed by atoms with Crippen LogP contribution in [0.4, 0.5) is 4.39 Å². The number of halogens is 1. The van der Waals surface area contributed by atoms with Crippen molar-refractivity contribution in [3.05, 3.63) is 71.0 Å². The molecule has 8 heteroatoms. The number of carboxylic acid groups (broad SMARTS) is 1. The van der Waals surface area contributed by atoms with E-state index in [0.717, 1.165) is 19.8 Å². The van der Waals surface area contributed by atoms with E-state index in [0.29, 0.717) is 11.5 Å². The number of nitrogens with zero attached hydrogens (tertiary/aromatic N) is 2. The molecule has 0 N–H and O–H groups in total. The first-order valence-electron chi connectivity index (χ1n) is 7.24. The van der Waals surface area contributed by atoms with Crippen molar-refractivity contribution in [2.75, 3.05) is 0 Å². The molecule has 0 spiro atoms. The topological polar surface area (TPSA) is 65.9 Å². The van der Waals surface area contributed by atoms with Gasteiger partial charge < -0.3 is 9.90 Å². The zero-order valence-corrected chi connectivity index (χ0v) is 15.3. The van der Waals surface area contributed by atoms with Gasteiger partial charge in [-0.05, 0) is 28.8 Å². The van der Waals surface area contributed by atoms with Crippen molar-refractivity contribution in [2.24, 2.45) is 0 Å². The Balaban J connectivity index is 1.51. The number of thioether (sulfide) groups is 2. The van der Waals surface area contributed by atoms with E-state index < -0.39 is 5.97 Å². The van der Waals surface area contributed by atoms with Crippen molar-refractivity contribution in [3.8, 4) is 0 Å². The summed E-state index contributed by atoms with van der Waals surface area (Å²) in [5.41, 5.74) is 2.21. The average Bonchev–Trinajstić information content (AvgIpc) is 3.08. The van der Waals surface area contributed by atoms with Crippen molar-refractivity contribution in [1.82, 2.24) is 10.2 Å². The van der Waals surface area contributed by atoms with E-state index in [2.05, 4.69) is 10.2 Å². The molecule has 0 fully saturated rings. The molecule has 0 aliphatic rings. The van der Waals surface area contributed by atoms with Gasteiger partial charge in [-0.3, -0.25) is 0 Å². The molecule has 4 nitrogen and oxygen atoms in total. The summed E-state index contributed by atoms with van der Waals surface area (Å²) in [7, 11) is 0. The second-order valence-electron chi connectivity index (χ2n) is 5.02. The van der Waals surface area contributed by atoms with E-state index >= 15 is 0 Å². The fraction of sp³-hybridized carbons (Fsp3) is 0.118. The fourth-order valence-electron chi connectivity index (χ4n) is 1.92. The molecule has 3 rings (SSSR count). The molecule has 0 radical (unpaired) electrons. The van der Waals surface area contributed by atoms with Gasteiger partial charge in [0, 0.05) is 11.5 Å². The number of carboxylic acids is 1. The average molecular weight is 391 g/mol. The third-order valence-corrected chi connectivity index (χ3v) is 6.55. The molecule has 0 aliphatic carbocycles. The zero-order chi connectivity index (χ0) is 17.6. The van der Waals surface area contributed by atoms with Crippen LogP contribution < -0.4 is 5.11 Å². The van der Waals surface area contributed by atoms with Gasteiger partial charge in [0.2, 0.25) is 0 Å². The first-order chi connectivity index (χ1) is 12.1. The molecular weight excluding hydrogens is 379 g/mol. The maximum Gasteiger partial charge on any atom is 0.175 e. The molecule has 1 heterocycles. The highest BCUT2D eigenvalue weighted by molar-refractivity contribution is 8.02. The van der Waals surface area contributed by atoms with Crippen LogP contribution in [-0.4, -0.2) is 16.2 Å². The Hall–Kier alpha value is -1.90. The highest BCUT2D eigenvalue weighted by atomic mass is 32.2. The quantitative estimate of drug-likeness (QED) is 0.573. The lowest BCUT2D eigenvalue weighted by Gasteiger charge is -2.03. The molecule has 3 aromatic rings. The fourth-order valence-corrected chi connectivity index (χ4v) is 4.85. The third-order valence-electron chi connectivity index (χ3n) is 3.22. The number of hydrogen-bond acceptors (Lipinski definition) is 7. The summed E-state index contributed by atoms with van der Waals surface area (Å²) in [4.78, 5) is 10.7. The van der Waals surface area contributed by atoms with Crippen molar-refractivity contribution in [1.29, 1.82) is 0 Å². The highest BCUT2D eigenvalue weighted by Gasteiger charge is 2.07. The summed E-state index contributed by atoms with van der Waals surface area (Å²) in [6, 6.07) is 13.0. The van der Waals surface area contributed by atoms with E-state index in [1.165, 1.54) is 35.6 Å². The third kappa shape index (κ3) is 5.29. The van der Waals surface area contributed by atoms with Crippen molar-refractivity contribution < 1.29 is 14.3 Å². The minimum Gasteiger partial charge on any atom is -0.545 e. The van der Waals surface area contributed by atoms with Gasteiger partial charge in [0.1, 0.15) is 5.82 Å². The van der Waals surface area contributed by atoms with Crippen molar-refractivity contribution in [3.63, 3.8) is 0 Å². The number of carbonyl (C=O) groups excluding carboxylic acids is 1. The van der Waals surface area contributed by atoms with Crippen molar-refractivity contribution in [2.45, 2.75) is 20.2 Å². The normalized spacial score (nSPS) is 10.8. The van der Waals surface area contributed by atoms with Crippen LogP contribution in [0.25, 0.3) is 0 Å². The van der Waals surface area contributed by atoms with E-state index in [1.807, 2.05) is 0 Å². The van der Waals surface area contributed by atoms with Gasteiger partial charge in [-0.25, -0.2) is 4.39 Å². The van der Waals surface area contributed by atoms with Crippen LogP contribution in [-0.2, 0) is 11.5 Å². The molecule has 25 heavy (non-hydrogen) atoms. The van der Waals surface area contributed by atoms with E-state index in [4.69, 9.17) is 0 Å². The number of benzene rings is 2. The van der Waals surface area contributed by atoms with E-state index in [-0.39, 0.29) is 11.4 Å². The van der Waals surface area contributed by atoms with Gasteiger partial charge in [-0.2, -0.15) is 0 Å². The molecule has 0 saturated heterocycles. The molecule has 0 aliphatic heterocycles. The van der Waals surface area contributed by atoms with E-state index in [9.17, 15) is 14.3 Å². The molecule has 0 saturated carbocycles. The summed E-state index contributed by atoms with van der Waals surface area (Å²) in [5.74, 6) is -0.0170. The Morgan fingerprint density at radius 3 is 1.88 bits per heavy atom. The number of aromatic nitrogens is 2. The van der Waals surface area contributed by atoms with Crippen LogP contribution in [0.3, 0.4) is 0 Å². The molecule has 1 aromatic heterocycles. The van der Waals surface area contributed by atoms with Crippen LogP contribution in [0.2, 0.25) is 0 Å². The van der Waals surface area contributed by atoms with Gasteiger partial charge in [0.15, 0.2) is 8.68 Å². The summed E-state index contributed by atoms with van der Waals surface area (Å²) in [5, 5.41) is 19.0.